The third kappa shape index (κ3) is 11.7. The molecule has 0 aliphatic carbocycles. The molecule has 0 aromatic heterocycles. The molecule has 0 aliphatic rings. The summed E-state index contributed by atoms with van der Waals surface area (Å²) in [6, 6.07) is -3.83. The van der Waals surface area contributed by atoms with Crippen LogP contribution in [0.2, 0.25) is 0 Å². The Morgan fingerprint density at radius 3 is 1.60 bits per heavy atom. The Morgan fingerprint density at radius 2 is 1.32 bits per heavy atom. The van der Waals surface area contributed by atoms with E-state index in [0.29, 0.717) is 0 Å². The van der Waals surface area contributed by atoms with Gasteiger partial charge in [-0.05, 0) is 0 Å². The van der Waals surface area contributed by atoms with Gasteiger partial charge in [-0.1, -0.05) is 0 Å². The summed E-state index contributed by atoms with van der Waals surface area (Å²) >= 11 is 3.80. The molecule has 0 rings (SSSR count). The summed E-state index contributed by atoms with van der Waals surface area (Å²) in [5, 5.41) is 54.4. The van der Waals surface area contributed by atoms with Gasteiger partial charge in [0.2, 0.25) is 11.8 Å². The van der Waals surface area contributed by atoms with E-state index in [1.165, 1.54) is 0 Å². The van der Waals surface area contributed by atoms with Crippen molar-refractivity contribution in [3.63, 3.8) is 0 Å². The number of aliphatic hydroxyl groups is 5. The van der Waals surface area contributed by atoms with Crippen LogP contribution in [0.4, 0.5) is 0 Å². The van der Waals surface area contributed by atoms with Crippen LogP contribution in [0.5, 0.6) is 0 Å². The van der Waals surface area contributed by atoms with Gasteiger partial charge < -0.3 is 47.0 Å². The van der Waals surface area contributed by atoms with Gasteiger partial charge in [-0.15, -0.1) is 0 Å². The fourth-order valence-electron chi connectivity index (χ4n) is 1.07. The predicted molar refractivity (Wildman–Crippen MR) is 87.7 cm³/mol. The largest absolute Gasteiger partial charge is 0.480 e. The van der Waals surface area contributed by atoms with Crippen LogP contribution in [0.15, 0.2) is 0 Å². The lowest BCUT2D eigenvalue weighted by atomic mass is 10.2. The number of carbonyl (C=O) groups excluding carboxylic acids is 2. The molecule has 148 valence electrons. The number of aliphatic carboxylic acids is 1. The fourth-order valence-corrected chi connectivity index (χ4v) is 1.24. The first kappa shape index (κ1) is 25.8. The molecule has 10 N–H and O–H groups in total. The van der Waals surface area contributed by atoms with E-state index in [1.807, 2.05) is 5.32 Å². The number of nitrogens with two attached hydrogens (primary N) is 1. The molecule has 25 heavy (non-hydrogen) atoms. The quantitative estimate of drug-likeness (QED) is 0.160. The van der Waals surface area contributed by atoms with Crippen molar-refractivity contribution in [1.82, 2.24) is 10.6 Å². The van der Waals surface area contributed by atoms with Crippen LogP contribution in [0.1, 0.15) is 0 Å². The third-order valence-electron chi connectivity index (χ3n) is 2.57. The van der Waals surface area contributed by atoms with E-state index in [2.05, 4.69) is 17.9 Å². The van der Waals surface area contributed by atoms with Crippen LogP contribution in [0.3, 0.4) is 0 Å². The summed E-state index contributed by atoms with van der Waals surface area (Å²) in [6.45, 7) is -2.29. The number of amides is 2. The minimum atomic E-state index is -1.52. The summed E-state index contributed by atoms with van der Waals surface area (Å²) in [7, 11) is 0. The molecule has 2 amide bonds. The van der Waals surface area contributed by atoms with Gasteiger partial charge in [0.1, 0.15) is 18.2 Å². The lowest BCUT2D eigenvalue weighted by Crippen LogP contribution is -2.56. The molecule has 0 aromatic rings. The van der Waals surface area contributed by atoms with E-state index in [0.717, 1.165) is 0 Å². The van der Waals surface area contributed by atoms with Crippen LogP contribution >= 0.6 is 12.6 Å². The summed E-state index contributed by atoms with van der Waals surface area (Å²) < 4.78 is 0. The molecule has 0 radical (unpaired) electrons. The average molecular weight is 387 g/mol. The summed E-state index contributed by atoms with van der Waals surface area (Å²) in [5.41, 5.74) is 5.36. The van der Waals surface area contributed by atoms with Crippen molar-refractivity contribution < 1.29 is 45.0 Å². The SMILES string of the molecule is NC(CS)C(=O)NC(CO)C(=O)NC(CO)C(=O)O.OCC(O)CO. The second-order valence-electron chi connectivity index (χ2n) is 4.63. The Morgan fingerprint density at radius 1 is 0.880 bits per heavy atom. The Balaban J connectivity index is 0. The normalized spacial score (nSPS) is 13.9. The van der Waals surface area contributed by atoms with Crippen molar-refractivity contribution >= 4 is 30.4 Å². The van der Waals surface area contributed by atoms with Crippen LogP contribution in [0.25, 0.3) is 0 Å². The summed E-state index contributed by atoms with van der Waals surface area (Å²) in [5.74, 6) is -3.05. The number of hydrogen-bond donors (Lipinski definition) is 10. The molecule has 0 saturated carbocycles. The van der Waals surface area contributed by atoms with E-state index < -0.39 is 55.2 Å². The number of carboxylic acid groups (broad SMARTS) is 1. The van der Waals surface area contributed by atoms with Gasteiger partial charge in [0, 0.05) is 5.75 Å². The molecule has 0 spiro atoms. The number of thiol groups is 1. The molecule has 13 heteroatoms. The van der Waals surface area contributed by atoms with Crippen molar-refractivity contribution in [3.05, 3.63) is 0 Å². The monoisotopic (exact) mass is 387 g/mol. The zero-order chi connectivity index (χ0) is 20.0. The summed E-state index contributed by atoms with van der Waals surface area (Å²) in [4.78, 5) is 33.6. The molecule has 3 unspecified atom stereocenters. The molecule has 0 saturated heterocycles. The number of carbonyl (C=O) groups is 3. The number of hydrogen-bond acceptors (Lipinski definition) is 10. The average Bonchev–Trinajstić information content (AvgIpc) is 2.62. The van der Waals surface area contributed by atoms with Crippen molar-refractivity contribution in [2.24, 2.45) is 5.73 Å². The van der Waals surface area contributed by atoms with Gasteiger partial charge in [0.05, 0.1) is 32.5 Å². The van der Waals surface area contributed by atoms with Crippen LogP contribution in [-0.2, 0) is 14.4 Å². The van der Waals surface area contributed by atoms with E-state index in [4.69, 9.17) is 36.4 Å². The smallest absolute Gasteiger partial charge is 0.328 e. The summed E-state index contributed by atoms with van der Waals surface area (Å²) in [6.07, 6.45) is -0.954. The van der Waals surface area contributed by atoms with E-state index >= 15 is 0 Å². The van der Waals surface area contributed by atoms with E-state index in [1.54, 1.807) is 0 Å². The molecule has 3 atom stereocenters. The maximum Gasteiger partial charge on any atom is 0.328 e. The van der Waals surface area contributed by atoms with Crippen molar-refractivity contribution in [1.29, 1.82) is 0 Å². The second kappa shape index (κ2) is 14.8. The van der Waals surface area contributed by atoms with Crippen molar-refractivity contribution in [2.75, 3.05) is 32.2 Å². The van der Waals surface area contributed by atoms with E-state index in [9.17, 15) is 14.4 Å². The Hall–Kier alpha value is -1.48. The van der Waals surface area contributed by atoms with Gasteiger partial charge in [-0.3, -0.25) is 9.59 Å². The molecule has 0 heterocycles. The standard InChI is InChI=1S/C9H17N3O6S.C3H8O3/c10-4(3-19)7(15)11-5(1-13)8(16)12-6(2-14)9(17)18;4-1-3(6)2-5/h4-6,13-14,19H,1-3,10H2,(H,11,15)(H,12,16)(H,17,18);3-6H,1-2H2. The topological polar surface area (TPSA) is 223 Å². The number of nitrogens with one attached hydrogen (secondary N) is 2. The molecule has 0 aromatic carbocycles. The molecule has 0 aliphatic heterocycles. The lowest BCUT2D eigenvalue weighted by molar-refractivity contribution is -0.143. The molecule has 0 bridgehead atoms. The van der Waals surface area contributed by atoms with Crippen LogP contribution in [0, 0.1) is 0 Å². The highest BCUT2D eigenvalue weighted by atomic mass is 32.1. The van der Waals surface area contributed by atoms with Gasteiger partial charge in [-0.25, -0.2) is 4.79 Å². The second-order valence-corrected chi connectivity index (χ2v) is 5.00. The van der Waals surface area contributed by atoms with Gasteiger partial charge >= 0.3 is 5.97 Å². The highest BCUT2D eigenvalue weighted by Gasteiger charge is 2.26. The molecular formula is C12H25N3O9S. The lowest BCUT2D eigenvalue weighted by Gasteiger charge is -2.20. The Kier molecular flexibility index (Phi) is 15.3. The Labute approximate surface area is 149 Å². The highest BCUT2D eigenvalue weighted by Crippen LogP contribution is 1.91. The van der Waals surface area contributed by atoms with Gasteiger partial charge in [0.15, 0.2) is 0 Å². The Bertz CT molecular complexity index is 409. The molecule has 12 nitrogen and oxygen atoms in total. The highest BCUT2D eigenvalue weighted by molar-refractivity contribution is 7.80. The first-order valence-corrected chi connectivity index (χ1v) is 7.63. The maximum absolute atomic E-state index is 11.6. The zero-order valence-corrected chi connectivity index (χ0v) is 14.2. The van der Waals surface area contributed by atoms with Gasteiger partial charge in [-0.2, -0.15) is 12.6 Å². The van der Waals surface area contributed by atoms with E-state index in [-0.39, 0.29) is 19.0 Å². The van der Waals surface area contributed by atoms with Gasteiger partial charge in [0.25, 0.3) is 0 Å². The predicted octanol–water partition coefficient (Wildman–Crippen LogP) is -5.39. The molecule has 0 fully saturated rings. The molecular weight excluding hydrogens is 362 g/mol. The van der Waals surface area contributed by atoms with Crippen molar-refractivity contribution in [3.8, 4) is 0 Å². The fraction of sp³-hybridized carbons (Fsp3) is 0.750. The number of aliphatic hydroxyl groups excluding tert-OH is 5. The van der Waals surface area contributed by atoms with Crippen LogP contribution in [-0.4, -0.2) is 105 Å². The number of carboxylic acids is 1. The van der Waals surface area contributed by atoms with Crippen LogP contribution < -0.4 is 16.4 Å². The third-order valence-corrected chi connectivity index (χ3v) is 2.96. The number of rotatable bonds is 10. The first-order valence-electron chi connectivity index (χ1n) is 6.99. The first-order chi connectivity index (χ1) is 11.7. The maximum atomic E-state index is 11.6. The minimum absolute atomic E-state index is 0.0417. The zero-order valence-electron chi connectivity index (χ0n) is 13.3. The minimum Gasteiger partial charge on any atom is -0.480 e. The van der Waals surface area contributed by atoms with Crippen molar-refractivity contribution in [2.45, 2.75) is 24.2 Å².